The number of hydrogen-bond acceptors (Lipinski definition) is 4. The summed E-state index contributed by atoms with van der Waals surface area (Å²) in [6.07, 6.45) is 7.49. The molecular formula is C16H19N3O2. The molecule has 0 bridgehead atoms. The van der Waals surface area contributed by atoms with Gasteiger partial charge in [0.15, 0.2) is 5.75 Å². The van der Waals surface area contributed by atoms with Crippen molar-refractivity contribution in [3.63, 3.8) is 0 Å². The highest BCUT2D eigenvalue weighted by Gasteiger charge is 2.15. The first-order chi connectivity index (χ1) is 10.2. The van der Waals surface area contributed by atoms with Gasteiger partial charge in [0, 0.05) is 37.2 Å². The molecule has 0 atom stereocenters. The van der Waals surface area contributed by atoms with Crippen molar-refractivity contribution in [2.75, 3.05) is 13.1 Å². The summed E-state index contributed by atoms with van der Waals surface area (Å²) in [5, 5.41) is 9.70. The van der Waals surface area contributed by atoms with Crippen LogP contribution in [0.15, 0.2) is 41.6 Å². The third-order valence-corrected chi connectivity index (χ3v) is 3.86. The molecule has 110 valence electrons. The number of nitrogens with zero attached hydrogens (tertiary/aromatic N) is 3. The van der Waals surface area contributed by atoms with Crippen molar-refractivity contribution < 1.29 is 5.11 Å². The van der Waals surface area contributed by atoms with Crippen LogP contribution in [0, 0.1) is 0 Å². The molecule has 1 aliphatic heterocycles. The van der Waals surface area contributed by atoms with Gasteiger partial charge in [-0.2, -0.15) is 0 Å². The van der Waals surface area contributed by atoms with E-state index < -0.39 is 0 Å². The van der Waals surface area contributed by atoms with Crippen molar-refractivity contribution in [2.24, 2.45) is 0 Å². The Kier molecular flexibility index (Phi) is 4.01. The van der Waals surface area contributed by atoms with Crippen LogP contribution in [0.4, 0.5) is 0 Å². The average Bonchev–Trinajstić information content (AvgIpc) is 2.98. The topological polar surface area (TPSA) is 58.4 Å². The summed E-state index contributed by atoms with van der Waals surface area (Å²) < 4.78 is 1.94. The van der Waals surface area contributed by atoms with Crippen LogP contribution in [0.2, 0.25) is 0 Å². The molecular weight excluding hydrogens is 266 g/mol. The molecule has 0 saturated carbocycles. The van der Waals surface area contributed by atoms with Crippen LogP contribution in [0.1, 0.15) is 24.1 Å². The first kappa shape index (κ1) is 13.8. The monoisotopic (exact) mass is 285 g/mol. The molecule has 1 aliphatic rings. The third-order valence-electron chi connectivity index (χ3n) is 3.86. The Hall–Kier alpha value is -2.14. The van der Waals surface area contributed by atoms with E-state index in [1.54, 1.807) is 18.5 Å². The zero-order valence-electron chi connectivity index (χ0n) is 11.9. The highest BCUT2D eigenvalue weighted by molar-refractivity contribution is 5.22. The highest BCUT2D eigenvalue weighted by atomic mass is 16.3. The molecule has 1 N–H and O–H groups in total. The summed E-state index contributed by atoms with van der Waals surface area (Å²) in [7, 11) is 0. The molecule has 3 rings (SSSR count). The molecule has 5 nitrogen and oxygen atoms in total. The highest BCUT2D eigenvalue weighted by Crippen LogP contribution is 2.15. The predicted octanol–water partition coefficient (Wildman–Crippen LogP) is 1.59. The van der Waals surface area contributed by atoms with Gasteiger partial charge >= 0.3 is 0 Å². The van der Waals surface area contributed by atoms with Gasteiger partial charge in [-0.3, -0.25) is 14.7 Å². The second kappa shape index (κ2) is 6.10. The van der Waals surface area contributed by atoms with E-state index in [9.17, 15) is 9.90 Å². The van der Waals surface area contributed by atoms with Gasteiger partial charge in [-0.1, -0.05) is 6.07 Å². The van der Waals surface area contributed by atoms with E-state index in [-0.39, 0.29) is 11.2 Å². The van der Waals surface area contributed by atoms with E-state index >= 15 is 0 Å². The fourth-order valence-corrected chi connectivity index (χ4v) is 2.74. The summed E-state index contributed by atoms with van der Waals surface area (Å²) in [4.78, 5) is 18.2. The summed E-state index contributed by atoms with van der Waals surface area (Å²) in [5.41, 5.74) is 1.67. The lowest BCUT2D eigenvalue weighted by Crippen LogP contribution is -2.23. The molecule has 0 unspecified atom stereocenters. The predicted molar refractivity (Wildman–Crippen MR) is 80.2 cm³/mol. The Morgan fingerprint density at radius 1 is 1.24 bits per heavy atom. The lowest BCUT2D eigenvalue weighted by Gasteiger charge is -2.19. The molecule has 0 spiro atoms. The van der Waals surface area contributed by atoms with Crippen molar-refractivity contribution in [3.8, 4) is 5.75 Å². The van der Waals surface area contributed by atoms with Crippen molar-refractivity contribution in [3.05, 3.63) is 58.3 Å². The molecule has 21 heavy (non-hydrogen) atoms. The first-order valence-electron chi connectivity index (χ1n) is 7.26. The zero-order valence-corrected chi connectivity index (χ0v) is 11.9. The van der Waals surface area contributed by atoms with Crippen LogP contribution in [-0.2, 0) is 13.1 Å². The van der Waals surface area contributed by atoms with Crippen molar-refractivity contribution in [1.82, 2.24) is 14.5 Å². The van der Waals surface area contributed by atoms with Gasteiger partial charge in [-0.15, -0.1) is 0 Å². The quantitative estimate of drug-likeness (QED) is 0.927. The van der Waals surface area contributed by atoms with E-state index in [1.165, 1.54) is 19.0 Å². The van der Waals surface area contributed by atoms with Gasteiger partial charge in [0.1, 0.15) is 0 Å². The van der Waals surface area contributed by atoms with Gasteiger partial charge in [-0.25, -0.2) is 0 Å². The normalized spacial score (nSPS) is 15.4. The summed E-state index contributed by atoms with van der Waals surface area (Å²) in [5.74, 6) is -0.205. The minimum atomic E-state index is -0.313. The Balaban J connectivity index is 1.89. The second-order valence-electron chi connectivity index (χ2n) is 5.49. The molecule has 0 amide bonds. The Morgan fingerprint density at radius 2 is 2.05 bits per heavy atom. The van der Waals surface area contributed by atoms with Gasteiger partial charge in [0.25, 0.3) is 0 Å². The van der Waals surface area contributed by atoms with Crippen LogP contribution in [0.5, 0.6) is 5.75 Å². The lowest BCUT2D eigenvalue weighted by atomic mass is 10.2. The maximum Gasteiger partial charge on any atom is 0.223 e. The van der Waals surface area contributed by atoms with Crippen LogP contribution in [0.25, 0.3) is 0 Å². The number of likely N-dealkylation sites (tertiary alicyclic amines) is 1. The Morgan fingerprint density at radius 3 is 2.76 bits per heavy atom. The van der Waals surface area contributed by atoms with E-state index in [2.05, 4.69) is 9.88 Å². The van der Waals surface area contributed by atoms with E-state index in [1.807, 2.05) is 16.7 Å². The Bertz CT molecular complexity index is 661. The lowest BCUT2D eigenvalue weighted by molar-refractivity contribution is 0.320. The van der Waals surface area contributed by atoms with E-state index in [0.717, 1.165) is 30.9 Å². The van der Waals surface area contributed by atoms with Crippen molar-refractivity contribution in [2.45, 2.75) is 25.9 Å². The zero-order chi connectivity index (χ0) is 14.7. The Labute approximate surface area is 123 Å². The molecule has 5 heteroatoms. The van der Waals surface area contributed by atoms with Gasteiger partial charge < -0.3 is 9.67 Å². The van der Waals surface area contributed by atoms with Gasteiger partial charge in [-0.05, 0) is 37.6 Å². The van der Waals surface area contributed by atoms with Crippen LogP contribution >= 0.6 is 0 Å². The number of pyridine rings is 2. The number of aromatic hydroxyl groups is 1. The third kappa shape index (κ3) is 3.31. The molecule has 1 saturated heterocycles. The standard InChI is InChI=1S/C16H19N3O2/c20-15-8-14(11-18-6-1-2-7-18)19(12-16(15)21)10-13-4-3-5-17-9-13/h3-5,8-9,12,21H,1-2,6-7,10-11H2. The molecule has 0 radical (unpaired) electrons. The summed E-state index contributed by atoms with van der Waals surface area (Å²) in [6, 6.07) is 5.42. The van der Waals surface area contributed by atoms with Crippen LogP contribution in [-0.4, -0.2) is 32.6 Å². The molecule has 0 aromatic carbocycles. The molecule has 2 aromatic rings. The fraction of sp³-hybridized carbons (Fsp3) is 0.375. The van der Waals surface area contributed by atoms with Crippen LogP contribution < -0.4 is 5.43 Å². The SMILES string of the molecule is O=c1cc(CN2CCCC2)n(Cc2cccnc2)cc1O. The molecule has 1 fully saturated rings. The maximum absolute atomic E-state index is 11.7. The van der Waals surface area contributed by atoms with Crippen molar-refractivity contribution >= 4 is 0 Å². The maximum atomic E-state index is 11.7. The molecule has 3 heterocycles. The average molecular weight is 285 g/mol. The van der Waals surface area contributed by atoms with Crippen molar-refractivity contribution in [1.29, 1.82) is 0 Å². The van der Waals surface area contributed by atoms with Crippen LogP contribution in [0.3, 0.4) is 0 Å². The summed E-state index contributed by atoms with van der Waals surface area (Å²) >= 11 is 0. The van der Waals surface area contributed by atoms with Gasteiger partial charge in [0.05, 0.1) is 6.20 Å². The number of rotatable bonds is 4. The van der Waals surface area contributed by atoms with E-state index in [0.29, 0.717) is 6.54 Å². The van der Waals surface area contributed by atoms with Gasteiger partial charge in [0.2, 0.25) is 5.43 Å². The fourth-order valence-electron chi connectivity index (χ4n) is 2.74. The second-order valence-corrected chi connectivity index (χ2v) is 5.49. The number of hydrogen-bond donors (Lipinski definition) is 1. The number of aromatic nitrogens is 2. The minimum absolute atomic E-state index is 0.205. The first-order valence-corrected chi connectivity index (χ1v) is 7.26. The van der Waals surface area contributed by atoms with E-state index in [4.69, 9.17) is 0 Å². The largest absolute Gasteiger partial charge is 0.503 e. The molecule has 2 aromatic heterocycles. The molecule has 0 aliphatic carbocycles. The smallest absolute Gasteiger partial charge is 0.223 e. The summed E-state index contributed by atoms with van der Waals surface area (Å²) in [6.45, 7) is 3.49. The minimum Gasteiger partial charge on any atom is -0.503 e.